The molecule has 0 aromatic heterocycles. The number of halogens is 2. The average Bonchev–Trinajstić information content (AvgIpc) is 2.74. The third-order valence-electron chi connectivity index (χ3n) is 5.81. The van der Waals surface area contributed by atoms with Crippen LogP contribution in [0.4, 0.5) is 10.1 Å². The van der Waals surface area contributed by atoms with Gasteiger partial charge in [-0.15, -0.1) is 0 Å². The van der Waals surface area contributed by atoms with Gasteiger partial charge in [-0.2, -0.15) is 0 Å². The first-order chi connectivity index (χ1) is 14.9. The molecule has 2 aromatic carbocycles. The van der Waals surface area contributed by atoms with Crippen molar-refractivity contribution in [1.82, 2.24) is 0 Å². The maximum absolute atomic E-state index is 13.4. The predicted octanol–water partition coefficient (Wildman–Crippen LogP) is 4.63. The van der Waals surface area contributed by atoms with Gasteiger partial charge in [-0.1, -0.05) is 42.5 Å². The lowest BCUT2D eigenvalue weighted by Crippen LogP contribution is -2.65. The van der Waals surface area contributed by atoms with Crippen molar-refractivity contribution >= 4 is 34.2 Å². The molecule has 3 atom stereocenters. The first-order valence-corrected chi connectivity index (χ1v) is 10.6. The highest BCUT2D eigenvalue weighted by Crippen LogP contribution is 2.41. The second-order valence-electron chi connectivity index (χ2n) is 7.84. The Balaban J connectivity index is 1.56. The van der Waals surface area contributed by atoms with Gasteiger partial charge in [0.2, 0.25) is 11.1 Å². The van der Waals surface area contributed by atoms with E-state index in [4.69, 9.17) is 11.6 Å². The lowest BCUT2D eigenvalue weighted by atomic mass is 9.72. The summed E-state index contributed by atoms with van der Waals surface area (Å²) in [7, 11) is 0. The van der Waals surface area contributed by atoms with E-state index in [9.17, 15) is 18.8 Å². The number of ketones is 1. The molecule has 1 unspecified atom stereocenters. The number of β-lactam (4-membered cyclic amide) rings is 1. The molecule has 2 aliphatic rings. The quantitative estimate of drug-likeness (QED) is 0.469. The van der Waals surface area contributed by atoms with E-state index in [1.54, 1.807) is 6.08 Å². The fourth-order valence-electron chi connectivity index (χ4n) is 4.32. The van der Waals surface area contributed by atoms with Crippen molar-refractivity contribution in [2.75, 3.05) is 4.90 Å². The number of rotatable bonds is 7. The van der Waals surface area contributed by atoms with E-state index in [0.717, 1.165) is 11.1 Å². The Kier molecular flexibility index (Phi) is 6.14. The van der Waals surface area contributed by atoms with Gasteiger partial charge in [0, 0.05) is 12.1 Å². The molecule has 4 nitrogen and oxygen atoms in total. The molecular formula is C25H21ClFNO3. The van der Waals surface area contributed by atoms with Crippen molar-refractivity contribution in [2.24, 2.45) is 11.8 Å². The predicted molar refractivity (Wildman–Crippen MR) is 117 cm³/mol. The molecule has 0 bridgehead atoms. The Hall–Kier alpha value is -3.05. The smallest absolute Gasteiger partial charge is 0.232 e. The zero-order valence-electron chi connectivity index (χ0n) is 16.7. The molecule has 2 aromatic rings. The number of amides is 1. The molecule has 158 valence electrons. The lowest BCUT2D eigenvalue weighted by Gasteiger charge is -2.50. The van der Waals surface area contributed by atoms with Crippen LogP contribution >= 0.6 is 11.6 Å². The molecule has 31 heavy (non-hydrogen) atoms. The Labute approximate surface area is 185 Å². The fraction of sp³-hybridized carbons (Fsp3) is 0.240. The van der Waals surface area contributed by atoms with Crippen LogP contribution in [0.2, 0.25) is 0 Å². The monoisotopic (exact) mass is 437 g/mol. The van der Waals surface area contributed by atoms with Gasteiger partial charge in [0.25, 0.3) is 0 Å². The molecule has 1 amide bonds. The Bertz CT molecular complexity index is 1060. The van der Waals surface area contributed by atoms with E-state index in [-0.39, 0.29) is 24.5 Å². The van der Waals surface area contributed by atoms with Crippen molar-refractivity contribution < 1.29 is 18.8 Å². The van der Waals surface area contributed by atoms with Crippen LogP contribution in [0.25, 0.3) is 0 Å². The van der Waals surface area contributed by atoms with Crippen LogP contribution in [0, 0.1) is 17.7 Å². The first-order valence-electron chi connectivity index (χ1n) is 10.2. The van der Waals surface area contributed by atoms with Gasteiger partial charge in [-0.3, -0.25) is 14.4 Å². The highest BCUT2D eigenvalue weighted by molar-refractivity contribution is 6.63. The van der Waals surface area contributed by atoms with E-state index in [2.05, 4.69) is 0 Å². The van der Waals surface area contributed by atoms with E-state index < -0.39 is 28.9 Å². The minimum Gasteiger partial charge on any atom is -0.307 e. The van der Waals surface area contributed by atoms with Crippen molar-refractivity contribution in [3.63, 3.8) is 0 Å². The standard InChI is InChI=1S/C25H21ClFNO3/c26-23(30)13-12-21-24(28(25(21)31)19-9-7-18(27)8-10-19)20-11-6-17(15-22(20)29)14-16-4-2-1-3-5-16/h1-11,15,20-21,24H,12-14H2/t20?,21-,24+/m1/s1. The zero-order chi connectivity index (χ0) is 22.0. The van der Waals surface area contributed by atoms with Crippen LogP contribution in [0.3, 0.4) is 0 Å². The Morgan fingerprint density at radius 1 is 1.03 bits per heavy atom. The number of hydrogen-bond acceptors (Lipinski definition) is 3. The van der Waals surface area contributed by atoms with Crippen LogP contribution in [-0.4, -0.2) is 23.0 Å². The molecule has 6 heteroatoms. The van der Waals surface area contributed by atoms with E-state index in [0.29, 0.717) is 12.1 Å². The Morgan fingerprint density at radius 3 is 2.39 bits per heavy atom. The summed E-state index contributed by atoms with van der Waals surface area (Å²) in [6, 6.07) is 15.0. The normalized spacial score (nSPS) is 22.8. The molecule has 1 saturated heterocycles. The summed E-state index contributed by atoms with van der Waals surface area (Å²) >= 11 is 5.48. The largest absolute Gasteiger partial charge is 0.307 e. The Morgan fingerprint density at radius 2 is 1.74 bits per heavy atom. The molecule has 0 radical (unpaired) electrons. The molecular weight excluding hydrogens is 417 g/mol. The SMILES string of the molecule is O=C(Cl)CC[C@H]1C(=O)N(c2ccc(F)cc2)[C@H]1C1C=CC(Cc2ccccc2)=CC1=O. The summed E-state index contributed by atoms with van der Waals surface area (Å²) in [6.45, 7) is 0. The van der Waals surface area contributed by atoms with Gasteiger partial charge in [0.05, 0.1) is 17.9 Å². The maximum Gasteiger partial charge on any atom is 0.232 e. The van der Waals surface area contributed by atoms with Gasteiger partial charge in [-0.25, -0.2) is 4.39 Å². The summed E-state index contributed by atoms with van der Waals surface area (Å²) in [5, 5.41) is -0.512. The third-order valence-corrected chi connectivity index (χ3v) is 6.00. The number of carbonyl (C=O) groups is 3. The van der Waals surface area contributed by atoms with E-state index in [1.807, 2.05) is 42.5 Å². The highest BCUT2D eigenvalue weighted by atomic mass is 35.5. The maximum atomic E-state index is 13.4. The average molecular weight is 438 g/mol. The van der Waals surface area contributed by atoms with Gasteiger partial charge in [0.15, 0.2) is 5.78 Å². The van der Waals surface area contributed by atoms with Crippen molar-refractivity contribution in [2.45, 2.75) is 25.3 Å². The van der Waals surface area contributed by atoms with Crippen LogP contribution in [0.5, 0.6) is 0 Å². The summed E-state index contributed by atoms with van der Waals surface area (Å²) < 4.78 is 13.4. The van der Waals surface area contributed by atoms with Crippen molar-refractivity contribution in [3.8, 4) is 0 Å². The lowest BCUT2D eigenvalue weighted by molar-refractivity contribution is -0.133. The van der Waals surface area contributed by atoms with Crippen LogP contribution < -0.4 is 4.90 Å². The second kappa shape index (κ2) is 8.98. The van der Waals surface area contributed by atoms with E-state index in [1.165, 1.54) is 29.2 Å². The van der Waals surface area contributed by atoms with Crippen molar-refractivity contribution in [3.05, 3.63) is 89.8 Å². The number of carbonyl (C=O) groups excluding carboxylic acids is 3. The second-order valence-corrected chi connectivity index (χ2v) is 8.27. The minimum atomic E-state index is -0.530. The molecule has 1 fully saturated rings. The summed E-state index contributed by atoms with van der Waals surface area (Å²) in [4.78, 5) is 38.7. The van der Waals surface area contributed by atoms with Crippen LogP contribution in [0.15, 0.2) is 78.4 Å². The molecule has 1 heterocycles. The first kappa shape index (κ1) is 21.2. The van der Waals surface area contributed by atoms with Crippen LogP contribution in [0.1, 0.15) is 18.4 Å². The topological polar surface area (TPSA) is 54.5 Å². The molecule has 4 rings (SSSR count). The van der Waals surface area contributed by atoms with Gasteiger partial charge in [-0.05, 0) is 65.9 Å². The molecule has 1 aliphatic heterocycles. The number of hydrogen-bond donors (Lipinski definition) is 0. The molecule has 0 N–H and O–H groups in total. The van der Waals surface area contributed by atoms with Crippen LogP contribution in [-0.2, 0) is 20.8 Å². The van der Waals surface area contributed by atoms with Gasteiger partial charge >= 0.3 is 0 Å². The summed E-state index contributed by atoms with van der Waals surface area (Å²) in [5.41, 5.74) is 2.54. The fourth-order valence-corrected chi connectivity index (χ4v) is 4.43. The number of allylic oxidation sites excluding steroid dienone is 3. The molecule has 0 saturated carbocycles. The summed E-state index contributed by atoms with van der Waals surface area (Å²) in [6.07, 6.45) is 6.38. The van der Waals surface area contributed by atoms with Crippen molar-refractivity contribution in [1.29, 1.82) is 0 Å². The highest BCUT2D eigenvalue weighted by Gasteiger charge is 2.52. The molecule has 1 aliphatic carbocycles. The number of benzene rings is 2. The number of nitrogens with zero attached hydrogens (tertiary/aromatic N) is 1. The van der Waals surface area contributed by atoms with Gasteiger partial charge in [0.1, 0.15) is 5.82 Å². The van der Waals surface area contributed by atoms with E-state index >= 15 is 0 Å². The molecule has 0 spiro atoms. The number of anilines is 1. The minimum absolute atomic E-state index is 0.0610. The van der Waals surface area contributed by atoms with Gasteiger partial charge < -0.3 is 4.90 Å². The zero-order valence-corrected chi connectivity index (χ0v) is 17.5. The third kappa shape index (κ3) is 4.52. The summed E-state index contributed by atoms with van der Waals surface area (Å²) in [5.74, 6) is -1.69.